The summed E-state index contributed by atoms with van der Waals surface area (Å²) < 4.78 is 5.63. The molecule has 2 aromatic carbocycles. The van der Waals surface area contributed by atoms with Gasteiger partial charge in [0, 0.05) is 13.6 Å². The largest absolute Gasteiger partial charge is 0.481 e. The highest BCUT2D eigenvalue weighted by Gasteiger charge is 2.19. The Morgan fingerprint density at radius 2 is 1.82 bits per heavy atom. The van der Waals surface area contributed by atoms with Gasteiger partial charge in [-0.3, -0.25) is 4.79 Å². The molecule has 4 nitrogen and oxygen atoms in total. The lowest BCUT2D eigenvalue weighted by molar-refractivity contribution is -0.137. The zero-order chi connectivity index (χ0) is 15.9. The quantitative estimate of drug-likeness (QED) is 0.852. The van der Waals surface area contributed by atoms with E-state index in [1.54, 1.807) is 43.1 Å². The van der Waals surface area contributed by atoms with E-state index in [4.69, 9.17) is 10.00 Å². The topological polar surface area (TPSA) is 53.3 Å². The molecule has 1 amide bonds. The molecule has 112 valence electrons. The van der Waals surface area contributed by atoms with Crippen molar-refractivity contribution < 1.29 is 9.53 Å². The van der Waals surface area contributed by atoms with E-state index in [-0.39, 0.29) is 5.91 Å². The van der Waals surface area contributed by atoms with Crippen LogP contribution in [0.5, 0.6) is 5.75 Å². The normalized spacial score (nSPS) is 11.3. The lowest BCUT2D eigenvalue weighted by atomic mass is 10.2. The number of nitrogens with zero attached hydrogens (tertiary/aromatic N) is 2. The SMILES string of the molecule is CC(Oc1ccc(C#N)cc1)C(=O)N(C)Cc1ccccc1. The summed E-state index contributed by atoms with van der Waals surface area (Å²) in [5.74, 6) is 0.487. The summed E-state index contributed by atoms with van der Waals surface area (Å²) in [6, 6.07) is 18.6. The summed E-state index contributed by atoms with van der Waals surface area (Å²) in [6.07, 6.45) is -0.582. The third-order valence-corrected chi connectivity index (χ3v) is 3.28. The van der Waals surface area contributed by atoms with Crippen molar-refractivity contribution in [1.82, 2.24) is 4.90 Å². The first-order valence-electron chi connectivity index (χ1n) is 7.06. The van der Waals surface area contributed by atoms with Crippen LogP contribution in [-0.4, -0.2) is 24.0 Å². The summed E-state index contributed by atoms with van der Waals surface area (Å²) in [5, 5.41) is 8.76. The molecule has 0 bridgehead atoms. The van der Waals surface area contributed by atoms with Crippen molar-refractivity contribution in [3.63, 3.8) is 0 Å². The molecule has 0 N–H and O–H groups in total. The van der Waals surface area contributed by atoms with E-state index in [0.717, 1.165) is 5.56 Å². The van der Waals surface area contributed by atoms with E-state index < -0.39 is 6.10 Å². The van der Waals surface area contributed by atoms with Crippen LogP contribution < -0.4 is 4.74 Å². The van der Waals surface area contributed by atoms with Gasteiger partial charge in [-0.25, -0.2) is 0 Å². The van der Waals surface area contributed by atoms with Gasteiger partial charge < -0.3 is 9.64 Å². The minimum atomic E-state index is -0.582. The van der Waals surface area contributed by atoms with E-state index in [0.29, 0.717) is 17.9 Å². The highest BCUT2D eigenvalue weighted by atomic mass is 16.5. The molecule has 0 aliphatic carbocycles. The molecule has 0 aromatic heterocycles. The summed E-state index contributed by atoms with van der Waals surface area (Å²) >= 11 is 0. The molecule has 0 spiro atoms. The Hall–Kier alpha value is -2.80. The molecule has 4 heteroatoms. The minimum Gasteiger partial charge on any atom is -0.481 e. The van der Waals surface area contributed by atoms with Gasteiger partial charge in [-0.15, -0.1) is 0 Å². The Morgan fingerprint density at radius 3 is 2.41 bits per heavy atom. The van der Waals surface area contributed by atoms with Gasteiger partial charge in [0.25, 0.3) is 5.91 Å². The smallest absolute Gasteiger partial charge is 0.263 e. The number of carbonyl (C=O) groups excluding carboxylic acids is 1. The predicted molar refractivity (Wildman–Crippen MR) is 84.2 cm³/mol. The number of ether oxygens (including phenoxy) is 1. The zero-order valence-electron chi connectivity index (χ0n) is 12.7. The second kappa shape index (κ2) is 7.28. The summed E-state index contributed by atoms with van der Waals surface area (Å²) in [4.78, 5) is 14.0. The van der Waals surface area contributed by atoms with Crippen LogP contribution in [0.3, 0.4) is 0 Å². The van der Waals surface area contributed by atoms with Crippen molar-refractivity contribution in [3.05, 3.63) is 65.7 Å². The lowest BCUT2D eigenvalue weighted by Gasteiger charge is -2.22. The summed E-state index contributed by atoms with van der Waals surface area (Å²) in [5.41, 5.74) is 1.64. The molecule has 1 atom stereocenters. The summed E-state index contributed by atoms with van der Waals surface area (Å²) in [6.45, 7) is 2.27. The molecule has 2 aromatic rings. The number of amides is 1. The molecule has 0 aliphatic heterocycles. The molecule has 1 unspecified atom stereocenters. The van der Waals surface area contributed by atoms with Crippen LogP contribution in [0, 0.1) is 11.3 Å². The molecule has 0 heterocycles. The van der Waals surface area contributed by atoms with Gasteiger partial charge in [0.15, 0.2) is 6.10 Å². The van der Waals surface area contributed by atoms with Crippen molar-refractivity contribution in [2.24, 2.45) is 0 Å². The molecular formula is C18H18N2O2. The van der Waals surface area contributed by atoms with Crippen LogP contribution in [-0.2, 0) is 11.3 Å². The predicted octanol–water partition coefficient (Wildman–Crippen LogP) is 2.98. The Morgan fingerprint density at radius 1 is 1.18 bits per heavy atom. The Labute approximate surface area is 130 Å². The molecule has 2 rings (SSSR count). The van der Waals surface area contributed by atoms with Crippen molar-refractivity contribution in [1.29, 1.82) is 5.26 Å². The van der Waals surface area contributed by atoms with Crippen molar-refractivity contribution >= 4 is 5.91 Å². The number of rotatable bonds is 5. The fourth-order valence-electron chi connectivity index (χ4n) is 2.11. The van der Waals surface area contributed by atoms with Gasteiger partial charge in [0.05, 0.1) is 11.6 Å². The molecule has 0 aliphatic rings. The van der Waals surface area contributed by atoms with E-state index in [9.17, 15) is 4.79 Å². The average molecular weight is 294 g/mol. The molecule has 0 fully saturated rings. The van der Waals surface area contributed by atoms with E-state index in [1.165, 1.54) is 0 Å². The van der Waals surface area contributed by atoms with Gasteiger partial charge in [-0.2, -0.15) is 5.26 Å². The van der Waals surface area contributed by atoms with Crippen molar-refractivity contribution in [2.75, 3.05) is 7.05 Å². The van der Waals surface area contributed by atoms with Crippen molar-refractivity contribution in [3.8, 4) is 11.8 Å². The molecule has 0 saturated heterocycles. The maximum Gasteiger partial charge on any atom is 0.263 e. The highest BCUT2D eigenvalue weighted by molar-refractivity contribution is 5.80. The fourth-order valence-corrected chi connectivity index (χ4v) is 2.11. The lowest BCUT2D eigenvalue weighted by Crippen LogP contribution is -2.37. The third-order valence-electron chi connectivity index (χ3n) is 3.28. The Bertz CT molecular complexity index is 660. The maximum atomic E-state index is 12.3. The fraction of sp³-hybridized carbons (Fsp3) is 0.222. The summed E-state index contributed by atoms with van der Waals surface area (Å²) in [7, 11) is 1.76. The van der Waals surface area contributed by atoms with Crippen LogP contribution in [0.15, 0.2) is 54.6 Å². The van der Waals surface area contributed by atoms with E-state index >= 15 is 0 Å². The number of nitriles is 1. The first kappa shape index (κ1) is 15.6. The molecular weight excluding hydrogens is 276 g/mol. The molecule has 0 saturated carbocycles. The highest BCUT2D eigenvalue weighted by Crippen LogP contribution is 2.14. The Balaban J connectivity index is 1.94. The second-order valence-corrected chi connectivity index (χ2v) is 5.08. The first-order chi connectivity index (χ1) is 10.6. The van der Waals surface area contributed by atoms with Gasteiger partial charge in [-0.1, -0.05) is 30.3 Å². The monoisotopic (exact) mass is 294 g/mol. The number of benzene rings is 2. The Kier molecular flexibility index (Phi) is 5.16. The standard InChI is InChI=1S/C18H18N2O2/c1-14(22-17-10-8-15(12-19)9-11-17)18(21)20(2)13-16-6-4-3-5-7-16/h3-11,14H,13H2,1-2H3. The second-order valence-electron chi connectivity index (χ2n) is 5.08. The van der Waals surface area contributed by atoms with Crippen LogP contribution in [0.4, 0.5) is 0 Å². The van der Waals surface area contributed by atoms with E-state index in [2.05, 4.69) is 0 Å². The number of hydrogen-bond acceptors (Lipinski definition) is 3. The zero-order valence-corrected chi connectivity index (χ0v) is 12.7. The molecule has 0 radical (unpaired) electrons. The minimum absolute atomic E-state index is 0.0896. The van der Waals surface area contributed by atoms with Gasteiger partial charge >= 0.3 is 0 Å². The van der Waals surface area contributed by atoms with Gasteiger partial charge in [0.2, 0.25) is 0 Å². The number of carbonyl (C=O) groups is 1. The van der Waals surface area contributed by atoms with Crippen LogP contribution in [0.25, 0.3) is 0 Å². The van der Waals surface area contributed by atoms with Crippen LogP contribution in [0.2, 0.25) is 0 Å². The van der Waals surface area contributed by atoms with E-state index in [1.807, 2.05) is 36.4 Å². The van der Waals surface area contributed by atoms with Gasteiger partial charge in [-0.05, 0) is 36.8 Å². The average Bonchev–Trinajstić information content (AvgIpc) is 2.55. The van der Waals surface area contributed by atoms with Crippen molar-refractivity contribution in [2.45, 2.75) is 19.6 Å². The van der Waals surface area contributed by atoms with Crippen LogP contribution >= 0.6 is 0 Å². The first-order valence-corrected chi connectivity index (χ1v) is 7.06. The van der Waals surface area contributed by atoms with Crippen LogP contribution in [0.1, 0.15) is 18.1 Å². The molecule has 22 heavy (non-hydrogen) atoms. The number of hydrogen-bond donors (Lipinski definition) is 0. The number of likely N-dealkylation sites (N-methyl/N-ethyl adjacent to an activating group) is 1. The maximum absolute atomic E-state index is 12.3. The third kappa shape index (κ3) is 4.10. The van der Waals surface area contributed by atoms with Gasteiger partial charge in [0.1, 0.15) is 5.75 Å².